The summed E-state index contributed by atoms with van der Waals surface area (Å²) >= 11 is 0. The van der Waals surface area contributed by atoms with Crippen molar-refractivity contribution in [2.24, 2.45) is 0 Å². The molecule has 5 aromatic heterocycles. The molecule has 0 atom stereocenters. The maximum Gasteiger partial charge on any atom is 0.220 e. The van der Waals surface area contributed by atoms with Crippen LogP contribution in [0.2, 0.25) is 0 Å². The van der Waals surface area contributed by atoms with Gasteiger partial charge in [0.2, 0.25) is 11.8 Å². The minimum atomic E-state index is -0.0353. The topological polar surface area (TPSA) is 173 Å². The van der Waals surface area contributed by atoms with Crippen LogP contribution in [0.1, 0.15) is 95.9 Å². The van der Waals surface area contributed by atoms with Gasteiger partial charge in [-0.25, -0.2) is 19.9 Å². The largest absolute Gasteiger partial charge is 0.356 e. The van der Waals surface area contributed by atoms with E-state index in [4.69, 9.17) is 9.97 Å². The lowest BCUT2D eigenvalue weighted by Gasteiger charge is -2.08. The fraction of sp³-hybridized carbons (Fsp3) is 0.273. The molecule has 12 nitrogen and oxygen atoms in total. The van der Waals surface area contributed by atoms with Crippen molar-refractivity contribution in [1.82, 2.24) is 50.5 Å². The van der Waals surface area contributed by atoms with Crippen molar-refractivity contribution in [2.75, 3.05) is 13.1 Å². The number of rotatable bonds is 14. The van der Waals surface area contributed by atoms with Crippen molar-refractivity contribution in [1.29, 1.82) is 0 Å². The average Bonchev–Trinajstić information content (AvgIpc) is 4.04. The molecule has 0 unspecified atom stereocenters. The molecule has 2 aliphatic rings. The number of carbonyl (C=O) groups excluding carboxylic acids is 2. The van der Waals surface area contributed by atoms with Crippen molar-refractivity contribution in [3.05, 3.63) is 119 Å². The number of imidazole rings is 2. The van der Waals surface area contributed by atoms with E-state index in [0.29, 0.717) is 51.6 Å². The minimum absolute atomic E-state index is 0.0344. The molecule has 2 aliphatic heterocycles. The summed E-state index contributed by atoms with van der Waals surface area (Å²) in [6.45, 7) is 17.6. The van der Waals surface area contributed by atoms with E-state index in [2.05, 4.69) is 99.6 Å². The molecule has 0 saturated heterocycles. The van der Waals surface area contributed by atoms with Crippen LogP contribution >= 0.6 is 0 Å². The normalized spacial score (nSPS) is 12.6. The quantitative estimate of drug-likeness (QED) is 0.0676. The second kappa shape index (κ2) is 16.4. The Bertz CT molecular complexity index is 2550. The van der Waals surface area contributed by atoms with E-state index in [1.807, 2.05) is 18.2 Å². The third-order valence-corrected chi connectivity index (χ3v) is 10.8. The summed E-state index contributed by atoms with van der Waals surface area (Å²) in [5.41, 5.74) is 16.8. The molecule has 8 bridgehead atoms. The van der Waals surface area contributed by atoms with Crippen molar-refractivity contribution < 1.29 is 9.59 Å². The number of allylic oxidation sites excluding steroid dienone is 4. The van der Waals surface area contributed by atoms with E-state index >= 15 is 0 Å². The number of nitrogens with zero attached hydrogens (tertiary/aromatic N) is 4. The van der Waals surface area contributed by atoms with Crippen LogP contribution in [0.15, 0.2) is 62.5 Å². The Kier molecular flexibility index (Phi) is 11.1. The summed E-state index contributed by atoms with van der Waals surface area (Å²) in [4.78, 5) is 58.1. The lowest BCUT2D eigenvalue weighted by molar-refractivity contribution is -0.121. The smallest absolute Gasteiger partial charge is 0.220 e. The van der Waals surface area contributed by atoms with Gasteiger partial charge in [0.1, 0.15) is 0 Å². The number of aromatic nitrogens is 8. The number of aryl methyl sites for hydroxylation is 2. The van der Waals surface area contributed by atoms with Gasteiger partial charge in [-0.05, 0) is 98.2 Å². The van der Waals surface area contributed by atoms with Gasteiger partial charge in [-0.2, -0.15) is 0 Å². The van der Waals surface area contributed by atoms with Gasteiger partial charge in [0, 0.05) is 95.7 Å². The molecule has 56 heavy (non-hydrogen) atoms. The van der Waals surface area contributed by atoms with Crippen LogP contribution in [-0.2, 0) is 22.4 Å². The summed E-state index contributed by atoms with van der Waals surface area (Å²) < 4.78 is 0. The van der Waals surface area contributed by atoms with E-state index in [-0.39, 0.29) is 11.8 Å². The molecular formula is C44H48N10O2. The lowest BCUT2D eigenvalue weighted by Crippen LogP contribution is -2.25. The van der Waals surface area contributed by atoms with Crippen molar-refractivity contribution in [3.8, 4) is 0 Å². The Morgan fingerprint density at radius 1 is 0.607 bits per heavy atom. The second-order valence-electron chi connectivity index (χ2n) is 14.3. The molecule has 0 aromatic carbocycles. The van der Waals surface area contributed by atoms with E-state index in [1.165, 1.54) is 0 Å². The summed E-state index contributed by atoms with van der Waals surface area (Å²) in [5, 5.41) is 6.09. The van der Waals surface area contributed by atoms with E-state index in [9.17, 15) is 9.59 Å². The molecule has 0 saturated carbocycles. The molecule has 286 valence electrons. The molecule has 0 spiro atoms. The Morgan fingerprint density at radius 3 is 1.50 bits per heavy atom. The highest BCUT2D eigenvalue weighted by atomic mass is 16.2. The molecule has 0 fully saturated rings. The van der Waals surface area contributed by atoms with Gasteiger partial charge >= 0.3 is 0 Å². The molecule has 7 rings (SSSR count). The summed E-state index contributed by atoms with van der Waals surface area (Å²) in [6, 6.07) is 8.27. The van der Waals surface area contributed by atoms with Crippen LogP contribution in [-0.4, -0.2) is 64.8 Å². The minimum Gasteiger partial charge on any atom is -0.356 e. The van der Waals surface area contributed by atoms with Crippen molar-refractivity contribution in [3.63, 3.8) is 0 Å². The van der Waals surface area contributed by atoms with E-state index < -0.39 is 0 Å². The van der Waals surface area contributed by atoms with Gasteiger partial charge in [-0.3, -0.25) is 9.59 Å². The molecule has 2 amide bonds. The van der Waals surface area contributed by atoms with Gasteiger partial charge in [-0.15, -0.1) is 0 Å². The van der Waals surface area contributed by atoms with Gasteiger partial charge in [0.15, 0.2) is 0 Å². The van der Waals surface area contributed by atoms with Gasteiger partial charge in [0.05, 0.1) is 35.4 Å². The van der Waals surface area contributed by atoms with Crippen LogP contribution in [0.5, 0.6) is 0 Å². The van der Waals surface area contributed by atoms with Crippen LogP contribution in [0.4, 0.5) is 0 Å². The maximum absolute atomic E-state index is 13.1. The average molecular weight is 749 g/mol. The first-order valence-electron chi connectivity index (χ1n) is 19.0. The molecule has 5 aromatic rings. The molecular weight excluding hydrogens is 701 g/mol. The monoisotopic (exact) mass is 748 g/mol. The number of hydrogen-bond donors (Lipinski definition) is 6. The summed E-state index contributed by atoms with van der Waals surface area (Å²) in [7, 11) is 0. The number of nitrogens with one attached hydrogen (secondary N) is 6. The maximum atomic E-state index is 13.1. The third kappa shape index (κ3) is 7.95. The highest BCUT2D eigenvalue weighted by Crippen LogP contribution is 2.38. The molecule has 12 heteroatoms. The number of amides is 2. The number of hydrogen-bond acceptors (Lipinski definition) is 6. The first-order chi connectivity index (χ1) is 27.1. The SMILES string of the molecule is C=Cc1c(C)c2cc3[nH]c(cc4nc(cc5nc(cc1[nH]2)C(C)=C5CCC(=O)NCCc1cnc[nH]1)C(CCC(=O)NCCc1cnc[nH]1)=C4C)c(C)c3C=C. The van der Waals surface area contributed by atoms with Gasteiger partial charge in [0.25, 0.3) is 0 Å². The zero-order valence-electron chi connectivity index (χ0n) is 32.4. The Morgan fingerprint density at radius 2 is 1.05 bits per heavy atom. The van der Waals surface area contributed by atoms with Gasteiger partial charge in [-0.1, -0.05) is 25.3 Å². The van der Waals surface area contributed by atoms with Crippen molar-refractivity contribution >= 4 is 68.3 Å². The molecule has 7 heterocycles. The second-order valence-corrected chi connectivity index (χ2v) is 14.3. The summed E-state index contributed by atoms with van der Waals surface area (Å²) in [5.74, 6) is -0.0697. The lowest BCUT2D eigenvalue weighted by atomic mass is 9.98. The van der Waals surface area contributed by atoms with Crippen molar-refractivity contribution in [2.45, 2.75) is 66.2 Å². The number of carbonyl (C=O) groups is 2. The van der Waals surface area contributed by atoms with E-state index in [1.54, 1.807) is 25.0 Å². The zero-order valence-corrected chi connectivity index (χ0v) is 32.4. The van der Waals surface area contributed by atoms with Crippen LogP contribution < -0.4 is 10.6 Å². The number of H-pyrrole nitrogens is 4. The number of fused-ring (bicyclic) bond motifs is 8. The van der Waals surface area contributed by atoms with Crippen LogP contribution in [0.3, 0.4) is 0 Å². The first-order valence-corrected chi connectivity index (χ1v) is 19.0. The Labute approximate surface area is 325 Å². The fourth-order valence-corrected chi connectivity index (χ4v) is 7.47. The zero-order chi connectivity index (χ0) is 39.3. The van der Waals surface area contributed by atoms with Crippen LogP contribution in [0, 0.1) is 13.8 Å². The number of aromatic amines is 4. The molecule has 0 aliphatic carbocycles. The predicted molar refractivity (Wildman–Crippen MR) is 225 cm³/mol. The highest BCUT2D eigenvalue weighted by Gasteiger charge is 2.23. The van der Waals surface area contributed by atoms with E-state index in [0.717, 1.165) is 101 Å². The highest BCUT2D eigenvalue weighted by molar-refractivity contribution is 5.97. The standard InChI is InChI=1S/C44H48N10O2/c1-7-31-25(3)35-17-36-27(5)33(9-11-43(55)47-15-13-29-21-45-23-49-29)41(53-36)20-42-34(10-12-44(56)48-16-14-30-22-46-24-50-30)28(6)38(54-42)19-40-32(8-2)26(4)37(52-40)18-39(31)51-35/h7-8,17-24,51-52H,1-2,9-16H2,3-6H3,(H,45,49)(H,46,50)(H,47,55)(H,48,56). The first kappa shape index (κ1) is 37.7. The molecule has 0 radical (unpaired) electrons. The Hall–Kier alpha value is -6.56. The van der Waals surface area contributed by atoms with Gasteiger partial charge < -0.3 is 30.6 Å². The van der Waals surface area contributed by atoms with Crippen LogP contribution in [0.25, 0.3) is 56.5 Å². The summed E-state index contributed by atoms with van der Waals surface area (Å²) in [6.07, 6.45) is 13.5. The third-order valence-electron chi connectivity index (χ3n) is 10.8. The Balaban J connectivity index is 1.31. The predicted octanol–water partition coefficient (Wildman–Crippen LogP) is 7.80. The molecule has 6 N–H and O–H groups in total. The fourth-order valence-electron chi connectivity index (χ4n) is 7.47.